The van der Waals surface area contributed by atoms with Crippen LogP contribution in [-0.4, -0.2) is 28.7 Å². The first-order valence-corrected chi connectivity index (χ1v) is 8.35. The van der Waals surface area contributed by atoms with Crippen LogP contribution in [0.15, 0.2) is 28.8 Å². The zero-order chi connectivity index (χ0) is 19.5. The molecule has 7 nitrogen and oxygen atoms in total. The van der Waals surface area contributed by atoms with Gasteiger partial charge in [-0.1, -0.05) is 45.8 Å². The number of hydrogen-bond donors (Lipinski definition) is 2. The number of phenols is 1. The smallest absolute Gasteiger partial charge is 0.342 e. The molecule has 0 atom stereocenters. The fourth-order valence-corrected chi connectivity index (χ4v) is 2.15. The van der Waals surface area contributed by atoms with Gasteiger partial charge in [0.15, 0.2) is 6.61 Å². The summed E-state index contributed by atoms with van der Waals surface area (Å²) in [5.41, 5.74) is 1.40. The molecule has 2 N–H and O–H groups in total. The van der Waals surface area contributed by atoms with Gasteiger partial charge in [0, 0.05) is 11.5 Å². The van der Waals surface area contributed by atoms with Gasteiger partial charge < -0.3 is 14.4 Å². The van der Waals surface area contributed by atoms with Gasteiger partial charge in [-0.15, -0.1) is 0 Å². The van der Waals surface area contributed by atoms with Crippen molar-refractivity contribution in [3.8, 4) is 5.75 Å². The minimum absolute atomic E-state index is 0.0110. The molecule has 0 aliphatic heterocycles. The molecule has 0 spiro atoms. The maximum absolute atomic E-state index is 12.0. The Morgan fingerprint density at radius 1 is 1.27 bits per heavy atom. The number of aromatic nitrogens is 1. The number of amides is 1. The van der Waals surface area contributed by atoms with Crippen LogP contribution in [0.1, 0.15) is 62.2 Å². The molecule has 0 saturated carbocycles. The first kappa shape index (κ1) is 19.5. The molecule has 2 rings (SSSR count). The van der Waals surface area contributed by atoms with Gasteiger partial charge >= 0.3 is 5.97 Å². The fraction of sp³-hybridized carbons (Fsp3) is 0.421. The Morgan fingerprint density at radius 3 is 2.50 bits per heavy atom. The topological polar surface area (TPSA) is 102 Å². The summed E-state index contributed by atoms with van der Waals surface area (Å²) in [5.74, 6) is -1.11. The molecule has 0 radical (unpaired) electrons. The second-order valence-electron chi connectivity index (χ2n) is 7.38. The van der Waals surface area contributed by atoms with Crippen LogP contribution in [0.4, 0.5) is 5.88 Å². The van der Waals surface area contributed by atoms with Crippen molar-refractivity contribution in [1.82, 2.24) is 5.16 Å². The van der Waals surface area contributed by atoms with Gasteiger partial charge in [0.1, 0.15) is 11.3 Å². The molecule has 1 aromatic heterocycles. The van der Waals surface area contributed by atoms with E-state index >= 15 is 0 Å². The minimum atomic E-state index is -0.777. The summed E-state index contributed by atoms with van der Waals surface area (Å²) < 4.78 is 9.99. The third-order valence-corrected chi connectivity index (χ3v) is 3.78. The predicted molar refractivity (Wildman–Crippen MR) is 96.3 cm³/mol. The number of nitrogens with one attached hydrogen (secondary N) is 1. The number of carbonyl (C=O) groups is 2. The van der Waals surface area contributed by atoms with E-state index in [1.54, 1.807) is 12.1 Å². The number of anilines is 1. The van der Waals surface area contributed by atoms with E-state index in [-0.39, 0.29) is 28.5 Å². The number of nitrogens with zero attached hydrogens (tertiary/aromatic N) is 1. The highest BCUT2D eigenvalue weighted by molar-refractivity contribution is 5.96. The maximum Gasteiger partial charge on any atom is 0.342 e. The number of phenolic OH excluding ortho intramolecular Hbond substituents is 1. The number of aromatic hydroxyl groups is 1. The Morgan fingerprint density at radius 2 is 1.96 bits per heavy atom. The molecular weight excluding hydrogens is 336 g/mol. The number of hydrogen-bond acceptors (Lipinski definition) is 6. The molecule has 0 bridgehead atoms. The quantitative estimate of drug-likeness (QED) is 0.790. The molecule has 1 heterocycles. The number of benzene rings is 1. The molecule has 1 amide bonds. The summed E-state index contributed by atoms with van der Waals surface area (Å²) in [6.07, 6.45) is 0. The molecule has 26 heavy (non-hydrogen) atoms. The molecule has 0 fully saturated rings. The summed E-state index contributed by atoms with van der Waals surface area (Å²) in [6.45, 7) is 9.35. The average Bonchev–Trinajstić information content (AvgIpc) is 3.01. The second-order valence-corrected chi connectivity index (χ2v) is 7.38. The lowest BCUT2D eigenvalue weighted by Gasteiger charge is -2.12. The van der Waals surface area contributed by atoms with Crippen molar-refractivity contribution in [3.05, 3.63) is 41.1 Å². The average molecular weight is 360 g/mol. The van der Waals surface area contributed by atoms with E-state index in [1.165, 1.54) is 12.1 Å². The van der Waals surface area contributed by atoms with Crippen LogP contribution in [-0.2, 0) is 14.9 Å². The van der Waals surface area contributed by atoms with Crippen molar-refractivity contribution in [2.24, 2.45) is 0 Å². The SMILES string of the molecule is CC(C)c1ccc(C(=O)OCC(=O)Nc2cc(C(C)(C)C)no2)c(O)c1. The zero-order valence-electron chi connectivity index (χ0n) is 15.6. The summed E-state index contributed by atoms with van der Waals surface area (Å²) in [4.78, 5) is 23.9. The van der Waals surface area contributed by atoms with E-state index in [9.17, 15) is 14.7 Å². The largest absolute Gasteiger partial charge is 0.507 e. The Kier molecular flexibility index (Phi) is 5.69. The molecule has 1 aromatic carbocycles. The van der Waals surface area contributed by atoms with Crippen LogP contribution in [0, 0.1) is 0 Å². The maximum atomic E-state index is 12.0. The van der Waals surface area contributed by atoms with Gasteiger partial charge in [0.05, 0.1) is 5.69 Å². The van der Waals surface area contributed by atoms with Crippen LogP contribution in [0.3, 0.4) is 0 Å². The summed E-state index contributed by atoms with van der Waals surface area (Å²) >= 11 is 0. The standard InChI is InChI=1S/C19H24N2O5/c1-11(2)12-6-7-13(14(22)8-12)18(24)25-10-16(23)20-17-9-15(21-26-17)19(3,4)5/h6-9,11,22H,10H2,1-5H3,(H,20,23). The van der Waals surface area contributed by atoms with Crippen LogP contribution >= 0.6 is 0 Å². The lowest BCUT2D eigenvalue weighted by molar-refractivity contribution is -0.119. The van der Waals surface area contributed by atoms with E-state index in [0.717, 1.165) is 5.56 Å². The highest BCUT2D eigenvalue weighted by Crippen LogP contribution is 2.25. The third-order valence-electron chi connectivity index (χ3n) is 3.78. The molecule has 0 aliphatic carbocycles. The van der Waals surface area contributed by atoms with Gasteiger partial charge in [-0.3, -0.25) is 10.1 Å². The summed E-state index contributed by atoms with van der Waals surface area (Å²) in [6, 6.07) is 6.36. The lowest BCUT2D eigenvalue weighted by Crippen LogP contribution is -2.20. The number of esters is 1. The lowest BCUT2D eigenvalue weighted by atomic mass is 9.92. The highest BCUT2D eigenvalue weighted by Gasteiger charge is 2.20. The predicted octanol–water partition coefficient (Wildman–Crippen LogP) is 3.60. The monoisotopic (exact) mass is 360 g/mol. The normalized spacial score (nSPS) is 11.5. The molecule has 0 aliphatic rings. The Balaban J connectivity index is 1.93. The van der Waals surface area contributed by atoms with Crippen molar-refractivity contribution < 1.29 is 24.0 Å². The van der Waals surface area contributed by atoms with Crippen molar-refractivity contribution in [2.45, 2.75) is 46.0 Å². The molecule has 140 valence electrons. The van der Waals surface area contributed by atoms with Crippen molar-refractivity contribution in [2.75, 3.05) is 11.9 Å². The number of rotatable bonds is 5. The molecule has 0 saturated heterocycles. The number of carbonyl (C=O) groups excluding carboxylic acids is 2. The first-order valence-electron chi connectivity index (χ1n) is 8.35. The van der Waals surface area contributed by atoms with Gasteiger partial charge in [0.2, 0.25) is 5.88 Å². The number of ether oxygens (including phenoxy) is 1. The summed E-state index contributed by atoms with van der Waals surface area (Å²) in [7, 11) is 0. The molecule has 2 aromatic rings. The van der Waals surface area contributed by atoms with E-state index in [4.69, 9.17) is 9.26 Å². The van der Waals surface area contributed by atoms with Crippen LogP contribution in [0.25, 0.3) is 0 Å². The first-order chi connectivity index (χ1) is 12.1. The Bertz CT molecular complexity index is 803. The van der Waals surface area contributed by atoms with Crippen molar-refractivity contribution in [3.63, 3.8) is 0 Å². The molecule has 0 unspecified atom stereocenters. The van der Waals surface area contributed by atoms with E-state index in [0.29, 0.717) is 5.69 Å². The minimum Gasteiger partial charge on any atom is -0.507 e. The van der Waals surface area contributed by atoms with Crippen LogP contribution in [0.2, 0.25) is 0 Å². The molecular formula is C19H24N2O5. The van der Waals surface area contributed by atoms with Gasteiger partial charge in [-0.05, 0) is 23.6 Å². The third kappa shape index (κ3) is 4.84. The van der Waals surface area contributed by atoms with E-state index in [1.807, 2.05) is 34.6 Å². The van der Waals surface area contributed by atoms with Gasteiger partial charge in [-0.2, -0.15) is 0 Å². The Hall–Kier alpha value is -2.83. The Labute approximate surface area is 152 Å². The van der Waals surface area contributed by atoms with Crippen molar-refractivity contribution >= 4 is 17.8 Å². The van der Waals surface area contributed by atoms with Crippen LogP contribution in [0.5, 0.6) is 5.75 Å². The van der Waals surface area contributed by atoms with Gasteiger partial charge in [-0.25, -0.2) is 4.79 Å². The van der Waals surface area contributed by atoms with E-state index in [2.05, 4.69) is 10.5 Å². The molecule has 7 heteroatoms. The summed E-state index contributed by atoms with van der Waals surface area (Å²) in [5, 5.41) is 16.3. The van der Waals surface area contributed by atoms with Crippen LogP contribution < -0.4 is 5.32 Å². The van der Waals surface area contributed by atoms with E-state index < -0.39 is 18.5 Å². The van der Waals surface area contributed by atoms with Gasteiger partial charge in [0.25, 0.3) is 5.91 Å². The second kappa shape index (κ2) is 7.59. The zero-order valence-corrected chi connectivity index (χ0v) is 15.6. The highest BCUT2D eigenvalue weighted by atomic mass is 16.5. The fourth-order valence-electron chi connectivity index (χ4n) is 2.15. The van der Waals surface area contributed by atoms with Crippen molar-refractivity contribution in [1.29, 1.82) is 0 Å².